The Morgan fingerprint density at radius 2 is 1.88 bits per heavy atom. The van der Waals surface area contributed by atoms with E-state index in [2.05, 4.69) is 20.7 Å². The summed E-state index contributed by atoms with van der Waals surface area (Å²) >= 11 is 0. The smallest absolute Gasteiger partial charge is 0.337 e. The van der Waals surface area contributed by atoms with E-state index in [1.807, 2.05) is 11.6 Å². The Balaban J connectivity index is 1.55. The van der Waals surface area contributed by atoms with Crippen LogP contribution in [0.15, 0.2) is 36.7 Å². The van der Waals surface area contributed by atoms with Crippen molar-refractivity contribution in [3.05, 3.63) is 53.3 Å². The molecule has 0 atom stereocenters. The van der Waals surface area contributed by atoms with Crippen molar-refractivity contribution in [2.75, 3.05) is 12.4 Å². The molecule has 1 aliphatic rings. The van der Waals surface area contributed by atoms with Crippen LogP contribution < -0.4 is 10.6 Å². The molecule has 0 aliphatic heterocycles. The maximum Gasteiger partial charge on any atom is 0.337 e. The van der Waals surface area contributed by atoms with Gasteiger partial charge in [-0.1, -0.05) is 31.4 Å². The molecule has 1 aliphatic carbocycles. The van der Waals surface area contributed by atoms with Gasteiger partial charge < -0.3 is 15.4 Å². The standard InChI is InChI=1S/C24H29N5O3/c1-3-29-22-19(15-27-29)21(28-18-7-5-4-6-8-18)20(14-25-22)23(30)26-13-16-9-11-17(12-10-16)24(31)32-2/h9-12,14-15,18H,3-8,13H2,1-2H3,(H,25,28)(H,26,30). The molecule has 32 heavy (non-hydrogen) atoms. The molecule has 1 fully saturated rings. The van der Waals surface area contributed by atoms with E-state index >= 15 is 0 Å². The summed E-state index contributed by atoms with van der Waals surface area (Å²) in [7, 11) is 1.35. The Kier molecular flexibility index (Phi) is 6.68. The molecule has 3 aromatic rings. The van der Waals surface area contributed by atoms with Crippen molar-refractivity contribution in [2.24, 2.45) is 0 Å². The number of anilines is 1. The second kappa shape index (κ2) is 9.80. The molecule has 0 saturated heterocycles. The van der Waals surface area contributed by atoms with E-state index in [0.717, 1.165) is 35.1 Å². The SMILES string of the molecule is CCn1ncc2c(NC3CCCCC3)c(C(=O)NCc3ccc(C(=O)OC)cc3)cnc21. The number of rotatable bonds is 7. The van der Waals surface area contributed by atoms with Gasteiger partial charge in [-0.05, 0) is 37.5 Å². The molecule has 8 heteroatoms. The van der Waals surface area contributed by atoms with Crippen LogP contribution in [0.25, 0.3) is 11.0 Å². The predicted molar refractivity (Wildman–Crippen MR) is 123 cm³/mol. The third-order valence-corrected chi connectivity index (χ3v) is 5.99. The fraction of sp³-hybridized carbons (Fsp3) is 0.417. The number of ether oxygens (including phenoxy) is 1. The molecular weight excluding hydrogens is 406 g/mol. The molecule has 0 unspecified atom stereocenters. The topological polar surface area (TPSA) is 98.1 Å². The molecule has 2 aromatic heterocycles. The normalized spacial score (nSPS) is 14.3. The van der Waals surface area contributed by atoms with Crippen LogP contribution in [-0.4, -0.2) is 39.8 Å². The highest BCUT2D eigenvalue weighted by atomic mass is 16.5. The van der Waals surface area contributed by atoms with E-state index in [0.29, 0.717) is 30.3 Å². The average molecular weight is 436 g/mol. The third-order valence-electron chi connectivity index (χ3n) is 5.99. The van der Waals surface area contributed by atoms with Crippen LogP contribution in [0.2, 0.25) is 0 Å². The quantitative estimate of drug-likeness (QED) is 0.546. The zero-order valence-electron chi connectivity index (χ0n) is 18.6. The van der Waals surface area contributed by atoms with E-state index in [4.69, 9.17) is 4.74 Å². The van der Waals surface area contributed by atoms with E-state index in [1.165, 1.54) is 26.4 Å². The lowest BCUT2D eigenvalue weighted by atomic mass is 9.95. The van der Waals surface area contributed by atoms with Gasteiger partial charge in [-0.25, -0.2) is 14.5 Å². The summed E-state index contributed by atoms with van der Waals surface area (Å²) in [6.45, 7) is 3.08. The monoisotopic (exact) mass is 435 g/mol. The molecule has 1 amide bonds. The van der Waals surface area contributed by atoms with Crippen LogP contribution in [-0.2, 0) is 17.8 Å². The number of nitrogens with one attached hydrogen (secondary N) is 2. The van der Waals surface area contributed by atoms with Crippen molar-refractivity contribution in [1.29, 1.82) is 0 Å². The van der Waals surface area contributed by atoms with E-state index in [1.54, 1.807) is 36.7 Å². The minimum absolute atomic E-state index is 0.195. The lowest BCUT2D eigenvalue weighted by Crippen LogP contribution is -2.27. The molecular formula is C24H29N5O3. The minimum Gasteiger partial charge on any atom is -0.465 e. The number of esters is 1. The predicted octanol–water partition coefficient (Wildman–Crippen LogP) is 3.91. The number of carbonyl (C=O) groups excluding carboxylic acids is 2. The molecule has 8 nitrogen and oxygen atoms in total. The summed E-state index contributed by atoms with van der Waals surface area (Å²) in [6, 6.07) is 7.34. The second-order valence-electron chi connectivity index (χ2n) is 8.09. The van der Waals surface area contributed by atoms with Gasteiger partial charge in [0, 0.05) is 25.3 Å². The first-order valence-corrected chi connectivity index (χ1v) is 11.2. The zero-order chi connectivity index (χ0) is 22.5. The number of nitrogens with zero attached hydrogens (tertiary/aromatic N) is 3. The highest BCUT2D eigenvalue weighted by Crippen LogP contribution is 2.30. The van der Waals surface area contributed by atoms with Gasteiger partial charge in [0.05, 0.1) is 35.5 Å². The fourth-order valence-electron chi connectivity index (χ4n) is 4.19. The summed E-state index contributed by atoms with van der Waals surface area (Å²) in [5.74, 6) is -0.579. The lowest BCUT2D eigenvalue weighted by molar-refractivity contribution is 0.0600. The third kappa shape index (κ3) is 4.59. The summed E-state index contributed by atoms with van der Waals surface area (Å²) in [4.78, 5) is 29.3. The maximum atomic E-state index is 13.1. The summed E-state index contributed by atoms with van der Waals surface area (Å²) < 4.78 is 6.56. The highest BCUT2D eigenvalue weighted by Gasteiger charge is 2.21. The van der Waals surface area contributed by atoms with Gasteiger partial charge in [-0.2, -0.15) is 5.10 Å². The van der Waals surface area contributed by atoms with Gasteiger partial charge in [0.25, 0.3) is 5.91 Å². The van der Waals surface area contributed by atoms with Crippen LogP contribution in [0.5, 0.6) is 0 Å². The summed E-state index contributed by atoms with van der Waals surface area (Å²) in [6.07, 6.45) is 9.28. The molecule has 168 valence electrons. The number of aryl methyl sites for hydroxylation is 1. The Morgan fingerprint density at radius 3 is 2.56 bits per heavy atom. The Bertz CT molecular complexity index is 1100. The number of aromatic nitrogens is 3. The Hall–Kier alpha value is -3.42. The van der Waals surface area contributed by atoms with Crippen molar-refractivity contribution in [1.82, 2.24) is 20.1 Å². The van der Waals surface area contributed by atoms with Crippen LogP contribution in [0, 0.1) is 0 Å². The fourth-order valence-corrected chi connectivity index (χ4v) is 4.19. The van der Waals surface area contributed by atoms with E-state index in [9.17, 15) is 9.59 Å². The molecule has 0 spiro atoms. The number of benzene rings is 1. The molecule has 1 saturated carbocycles. The van der Waals surface area contributed by atoms with Crippen LogP contribution in [0.3, 0.4) is 0 Å². The van der Waals surface area contributed by atoms with Gasteiger partial charge in [0.2, 0.25) is 0 Å². The Morgan fingerprint density at radius 1 is 1.12 bits per heavy atom. The molecule has 2 N–H and O–H groups in total. The van der Waals surface area contributed by atoms with Crippen LogP contribution in [0.1, 0.15) is 65.3 Å². The van der Waals surface area contributed by atoms with Crippen molar-refractivity contribution in [3.63, 3.8) is 0 Å². The number of hydrogen-bond donors (Lipinski definition) is 2. The maximum absolute atomic E-state index is 13.1. The molecule has 4 rings (SSSR count). The highest BCUT2D eigenvalue weighted by molar-refractivity contribution is 6.06. The Labute approximate surface area is 187 Å². The zero-order valence-corrected chi connectivity index (χ0v) is 18.6. The van der Waals surface area contributed by atoms with Crippen molar-refractivity contribution in [3.8, 4) is 0 Å². The first kappa shape index (κ1) is 21.8. The van der Waals surface area contributed by atoms with Gasteiger partial charge in [-0.3, -0.25) is 4.79 Å². The summed E-state index contributed by atoms with van der Waals surface area (Å²) in [5, 5.41) is 11.9. The van der Waals surface area contributed by atoms with Crippen molar-refractivity contribution >= 4 is 28.6 Å². The van der Waals surface area contributed by atoms with Crippen LogP contribution in [0.4, 0.5) is 5.69 Å². The molecule has 2 heterocycles. The first-order valence-electron chi connectivity index (χ1n) is 11.2. The summed E-state index contributed by atoms with van der Waals surface area (Å²) in [5.41, 5.74) is 3.47. The lowest BCUT2D eigenvalue weighted by Gasteiger charge is -2.25. The number of fused-ring (bicyclic) bond motifs is 1. The number of carbonyl (C=O) groups is 2. The van der Waals surface area contributed by atoms with Gasteiger partial charge in [-0.15, -0.1) is 0 Å². The van der Waals surface area contributed by atoms with Gasteiger partial charge in [0.1, 0.15) is 0 Å². The number of pyridine rings is 1. The van der Waals surface area contributed by atoms with Crippen molar-refractivity contribution < 1.29 is 14.3 Å². The van der Waals surface area contributed by atoms with E-state index in [-0.39, 0.29) is 11.9 Å². The second-order valence-corrected chi connectivity index (χ2v) is 8.09. The van der Waals surface area contributed by atoms with Gasteiger partial charge in [0.15, 0.2) is 5.65 Å². The van der Waals surface area contributed by atoms with Crippen LogP contribution >= 0.6 is 0 Å². The van der Waals surface area contributed by atoms with Gasteiger partial charge >= 0.3 is 5.97 Å². The average Bonchev–Trinajstić information content (AvgIpc) is 3.27. The molecule has 1 aromatic carbocycles. The van der Waals surface area contributed by atoms with E-state index < -0.39 is 0 Å². The largest absolute Gasteiger partial charge is 0.465 e. The number of methoxy groups -OCH3 is 1. The molecule has 0 radical (unpaired) electrons. The number of amides is 1. The first-order chi connectivity index (χ1) is 15.6. The van der Waals surface area contributed by atoms with Crippen molar-refractivity contribution in [2.45, 2.75) is 58.2 Å². The molecule has 0 bridgehead atoms. The minimum atomic E-state index is -0.383. The number of hydrogen-bond acceptors (Lipinski definition) is 6.